The van der Waals surface area contributed by atoms with Crippen molar-refractivity contribution in [1.29, 1.82) is 0 Å². The van der Waals surface area contributed by atoms with E-state index >= 15 is 0 Å². The van der Waals surface area contributed by atoms with Crippen LogP contribution >= 0.6 is 0 Å². The number of rotatable bonds is 3. The number of H-pyrrole nitrogens is 1. The number of hydrogen-bond acceptors (Lipinski definition) is 5. The number of carbonyl (C=O) groups is 1. The van der Waals surface area contributed by atoms with E-state index in [2.05, 4.69) is 15.1 Å². The number of carbonyl (C=O) groups excluding carboxylic acids is 1. The summed E-state index contributed by atoms with van der Waals surface area (Å²) in [4.78, 5) is 22.9. The Morgan fingerprint density at radius 2 is 2.00 bits per heavy atom. The maximum absolute atomic E-state index is 13.2. The number of nitrogens with one attached hydrogen (secondary N) is 1. The first-order valence-electron chi connectivity index (χ1n) is 8.60. The van der Waals surface area contributed by atoms with Gasteiger partial charge in [-0.15, -0.1) is 0 Å². The number of amides is 1. The van der Waals surface area contributed by atoms with E-state index < -0.39 is 0 Å². The van der Waals surface area contributed by atoms with Crippen molar-refractivity contribution in [3.8, 4) is 0 Å². The molecule has 1 saturated heterocycles. The third-order valence-electron chi connectivity index (χ3n) is 4.55. The van der Waals surface area contributed by atoms with E-state index in [0.717, 1.165) is 22.3 Å². The Kier molecular flexibility index (Phi) is 4.30. The van der Waals surface area contributed by atoms with E-state index in [-0.39, 0.29) is 5.91 Å². The molecule has 1 aromatic carbocycles. The Hall–Kier alpha value is -2.93. The van der Waals surface area contributed by atoms with Crippen LogP contribution in [0, 0.1) is 13.8 Å². The first-order chi connectivity index (χ1) is 12.6. The summed E-state index contributed by atoms with van der Waals surface area (Å²) in [5.74, 6) is 1.14. The molecule has 1 amide bonds. The zero-order valence-electron chi connectivity index (χ0n) is 14.8. The van der Waals surface area contributed by atoms with E-state index in [9.17, 15) is 4.79 Å². The van der Waals surface area contributed by atoms with Crippen LogP contribution in [0.1, 0.15) is 22.8 Å². The molecule has 2 aromatic heterocycles. The van der Waals surface area contributed by atoms with Crippen LogP contribution in [0.4, 0.5) is 0 Å². The van der Waals surface area contributed by atoms with Crippen molar-refractivity contribution in [1.82, 2.24) is 20.0 Å². The molecule has 3 heterocycles. The van der Waals surface area contributed by atoms with E-state index in [4.69, 9.17) is 9.26 Å². The van der Waals surface area contributed by atoms with Crippen LogP contribution in [-0.2, 0) is 9.53 Å². The van der Waals surface area contributed by atoms with Crippen LogP contribution < -0.4 is 0 Å². The van der Waals surface area contributed by atoms with E-state index in [1.807, 2.05) is 44.2 Å². The van der Waals surface area contributed by atoms with E-state index in [0.29, 0.717) is 43.5 Å². The number of imidazole rings is 1. The Morgan fingerprint density at radius 3 is 2.69 bits per heavy atom. The molecule has 4 rings (SSSR count). The fourth-order valence-electron chi connectivity index (χ4n) is 3.09. The van der Waals surface area contributed by atoms with Gasteiger partial charge in [-0.25, -0.2) is 4.98 Å². The fourth-order valence-corrected chi connectivity index (χ4v) is 3.09. The van der Waals surface area contributed by atoms with Gasteiger partial charge in [-0.1, -0.05) is 17.3 Å². The van der Waals surface area contributed by atoms with Gasteiger partial charge in [0.15, 0.2) is 0 Å². The average Bonchev–Trinajstić information content (AvgIpc) is 3.23. The number of para-hydroxylation sites is 2. The van der Waals surface area contributed by atoms with Crippen molar-refractivity contribution < 1.29 is 14.1 Å². The zero-order valence-corrected chi connectivity index (χ0v) is 14.8. The minimum absolute atomic E-state index is 0.0765. The number of aromatic amines is 1. The Balaban J connectivity index is 1.81. The highest BCUT2D eigenvalue weighted by Gasteiger charge is 2.25. The number of fused-ring (bicyclic) bond motifs is 1. The zero-order chi connectivity index (χ0) is 18.1. The molecule has 7 nitrogen and oxygen atoms in total. The van der Waals surface area contributed by atoms with Crippen LogP contribution in [0.15, 0.2) is 28.8 Å². The molecule has 3 aromatic rings. The highest BCUT2D eigenvalue weighted by Crippen LogP contribution is 2.25. The molecule has 0 radical (unpaired) electrons. The quantitative estimate of drug-likeness (QED) is 0.733. The Labute approximate surface area is 150 Å². The highest BCUT2D eigenvalue weighted by molar-refractivity contribution is 6.23. The number of morpholine rings is 1. The summed E-state index contributed by atoms with van der Waals surface area (Å²) in [5.41, 5.74) is 3.76. The summed E-state index contributed by atoms with van der Waals surface area (Å²) in [7, 11) is 0. The van der Waals surface area contributed by atoms with Crippen molar-refractivity contribution in [2.24, 2.45) is 0 Å². The van der Waals surface area contributed by atoms with E-state index in [1.54, 1.807) is 4.90 Å². The molecule has 1 fully saturated rings. The van der Waals surface area contributed by atoms with Gasteiger partial charge in [0, 0.05) is 18.7 Å². The number of ether oxygens (including phenoxy) is 1. The van der Waals surface area contributed by atoms with Crippen molar-refractivity contribution in [2.75, 3.05) is 26.3 Å². The predicted octanol–water partition coefficient (Wildman–Crippen LogP) is 2.57. The number of benzene rings is 1. The molecule has 134 valence electrons. The smallest absolute Gasteiger partial charge is 0.257 e. The van der Waals surface area contributed by atoms with Gasteiger partial charge in [0.2, 0.25) is 0 Å². The molecular formula is C19H20N4O3. The lowest BCUT2D eigenvalue weighted by Crippen LogP contribution is -2.41. The average molecular weight is 352 g/mol. The highest BCUT2D eigenvalue weighted by atomic mass is 16.5. The van der Waals surface area contributed by atoms with Gasteiger partial charge in [-0.05, 0) is 32.1 Å². The van der Waals surface area contributed by atoms with Crippen molar-refractivity contribution >= 4 is 28.6 Å². The molecule has 0 unspecified atom stereocenters. The number of aryl methyl sites for hydroxylation is 2. The van der Waals surface area contributed by atoms with Gasteiger partial charge in [0.25, 0.3) is 5.91 Å². The van der Waals surface area contributed by atoms with Gasteiger partial charge < -0.3 is 19.1 Å². The molecule has 1 aliphatic rings. The van der Waals surface area contributed by atoms with Gasteiger partial charge in [-0.3, -0.25) is 4.79 Å². The minimum Gasteiger partial charge on any atom is -0.378 e. The second-order valence-corrected chi connectivity index (χ2v) is 6.30. The van der Waals surface area contributed by atoms with Crippen LogP contribution in [0.25, 0.3) is 22.7 Å². The molecule has 0 spiro atoms. The number of hydrogen-bond donors (Lipinski definition) is 1. The first kappa shape index (κ1) is 16.5. The van der Waals surface area contributed by atoms with Gasteiger partial charge in [0.05, 0.1) is 35.5 Å². The fraction of sp³-hybridized carbons (Fsp3) is 0.316. The molecule has 1 aliphatic heterocycles. The lowest BCUT2D eigenvalue weighted by molar-refractivity contribution is -0.128. The second-order valence-electron chi connectivity index (χ2n) is 6.30. The molecule has 26 heavy (non-hydrogen) atoms. The monoisotopic (exact) mass is 352 g/mol. The molecule has 7 heteroatoms. The second kappa shape index (κ2) is 6.76. The van der Waals surface area contributed by atoms with E-state index in [1.165, 1.54) is 0 Å². The SMILES string of the molecule is Cc1noc(C)c1/C=C(/C(=O)N1CCOCC1)c1nc2ccccc2[nH]1. The molecule has 0 atom stereocenters. The van der Waals surface area contributed by atoms with Gasteiger partial charge in [-0.2, -0.15) is 0 Å². The summed E-state index contributed by atoms with van der Waals surface area (Å²) in [6.07, 6.45) is 1.82. The first-order valence-corrected chi connectivity index (χ1v) is 8.60. The summed E-state index contributed by atoms with van der Waals surface area (Å²) >= 11 is 0. The maximum Gasteiger partial charge on any atom is 0.257 e. The van der Waals surface area contributed by atoms with Gasteiger partial charge >= 0.3 is 0 Å². The summed E-state index contributed by atoms with van der Waals surface area (Å²) in [6.45, 7) is 5.92. The van der Waals surface area contributed by atoms with Crippen LogP contribution in [0.5, 0.6) is 0 Å². The largest absolute Gasteiger partial charge is 0.378 e. The lowest BCUT2D eigenvalue weighted by Gasteiger charge is -2.27. The van der Waals surface area contributed by atoms with Crippen molar-refractivity contribution in [3.63, 3.8) is 0 Å². The summed E-state index contributed by atoms with van der Waals surface area (Å²) in [5, 5.41) is 3.98. The van der Waals surface area contributed by atoms with Gasteiger partial charge in [0.1, 0.15) is 11.6 Å². The number of nitrogens with zero attached hydrogens (tertiary/aromatic N) is 3. The molecular weight excluding hydrogens is 332 g/mol. The topological polar surface area (TPSA) is 84.2 Å². The number of aromatic nitrogens is 3. The summed E-state index contributed by atoms with van der Waals surface area (Å²) < 4.78 is 10.6. The van der Waals surface area contributed by atoms with Crippen LogP contribution in [-0.4, -0.2) is 52.2 Å². The van der Waals surface area contributed by atoms with Crippen molar-refractivity contribution in [3.05, 3.63) is 47.1 Å². The summed E-state index contributed by atoms with van der Waals surface area (Å²) in [6, 6.07) is 7.72. The third-order valence-corrected chi connectivity index (χ3v) is 4.55. The molecule has 0 bridgehead atoms. The van der Waals surface area contributed by atoms with Crippen molar-refractivity contribution in [2.45, 2.75) is 13.8 Å². The normalized spacial score (nSPS) is 15.6. The lowest BCUT2D eigenvalue weighted by atomic mass is 10.1. The third kappa shape index (κ3) is 3.01. The standard InChI is InChI=1S/C19H20N4O3/c1-12-14(13(2)26-22-12)11-15(19(24)23-7-9-25-10-8-23)18-20-16-5-3-4-6-17(16)21-18/h3-6,11H,7-10H2,1-2H3,(H,20,21)/b15-11+. The maximum atomic E-state index is 13.2. The Morgan fingerprint density at radius 1 is 1.23 bits per heavy atom. The van der Waals surface area contributed by atoms with Crippen LogP contribution in [0.2, 0.25) is 0 Å². The minimum atomic E-state index is -0.0765. The molecule has 1 N–H and O–H groups in total. The molecule has 0 aliphatic carbocycles. The molecule has 0 saturated carbocycles. The Bertz CT molecular complexity index is 927. The predicted molar refractivity (Wildman–Crippen MR) is 97.3 cm³/mol. The van der Waals surface area contributed by atoms with Crippen LogP contribution in [0.3, 0.4) is 0 Å².